The molecule has 0 fully saturated rings. The first-order valence-electron chi connectivity index (χ1n) is 3.51. The first-order chi connectivity index (χ1) is 4.22. The third-order valence-electron chi connectivity index (χ3n) is 1.71. The molecule has 0 radical (unpaired) electrons. The molecule has 0 saturated heterocycles. The zero-order valence-electron chi connectivity index (χ0n) is 6.33. The highest BCUT2D eigenvalue weighted by atomic mass is 15.1. The second-order valence-electron chi connectivity index (χ2n) is 2.82. The molecule has 50 valence electrons. The van der Waals surface area contributed by atoms with Crippen molar-refractivity contribution < 1.29 is 4.58 Å². The van der Waals surface area contributed by atoms with Crippen LogP contribution in [-0.4, -0.2) is 22.9 Å². The van der Waals surface area contributed by atoms with Gasteiger partial charge >= 0.3 is 0 Å². The fourth-order valence-corrected chi connectivity index (χ4v) is 1.19. The summed E-state index contributed by atoms with van der Waals surface area (Å²) in [5.74, 6) is 0. The van der Waals surface area contributed by atoms with Crippen molar-refractivity contribution >= 4 is 6.21 Å². The van der Waals surface area contributed by atoms with Crippen molar-refractivity contribution in [2.75, 3.05) is 0 Å². The molecule has 0 aromatic rings. The van der Waals surface area contributed by atoms with Crippen molar-refractivity contribution in [3.63, 3.8) is 0 Å². The molecular formula is C8H14N+. The lowest BCUT2D eigenvalue weighted by atomic mass is 10.3. The Morgan fingerprint density at radius 2 is 2.11 bits per heavy atom. The molecule has 0 aromatic heterocycles. The molecular weight excluding hydrogens is 110 g/mol. The first kappa shape index (κ1) is 6.53. The highest BCUT2D eigenvalue weighted by Gasteiger charge is 2.17. The fourth-order valence-electron chi connectivity index (χ4n) is 1.19. The average Bonchev–Trinajstić information content (AvgIpc) is 2.13. The summed E-state index contributed by atoms with van der Waals surface area (Å²) in [6, 6.07) is 1.24. The molecule has 0 amide bonds. The van der Waals surface area contributed by atoms with Crippen LogP contribution in [0.4, 0.5) is 0 Å². The fraction of sp³-hybridized carbons (Fsp3) is 0.625. The molecule has 0 spiro atoms. The summed E-state index contributed by atoms with van der Waals surface area (Å²) in [6.45, 7) is 6.62. The van der Waals surface area contributed by atoms with Crippen molar-refractivity contribution in [2.45, 2.75) is 32.9 Å². The summed E-state index contributed by atoms with van der Waals surface area (Å²) < 4.78 is 2.33. The first-order valence-corrected chi connectivity index (χ1v) is 3.51. The van der Waals surface area contributed by atoms with Crippen LogP contribution < -0.4 is 0 Å². The normalized spacial score (nSPS) is 25.3. The van der Waals surface area contributed by atoms with Crippen LogP contribution in [0.5, 0.6) is 0 Å². The van der Waals surface area contributed by atoms with E-state index in [0.717, 1.165) is 0 Å². The van der Waals surface area contributed by atoms with Gasteiger partial charge in [-0.15, -0.1) is 0 Å². The molecule has 0 bridgehead atoms. The number of nitrogens with zero attached hydrogens (tertiary/aromatic N) is 1. The van der Waals surface area contributed by atoms with Gasteiger partial charge in [-0.1, -0.05) is 0 Å². The molecule has 1 heterocycles. The van der Waals surface area contributed by atoms with E-state index in [9.17, 15) is 0 Å². The van der Waals surface area contributed by atoms with Gasteiger partial charge < -0.3 is 0 Å². The largest absolute Gasteiger partial charge is 0.228 e. The molecule has 0 aromatic carbocycles. The van der Waals surface area contributed by atoms with Gasteiger partial charge in [0, 0.05) is 13.0 Å². The SMILES string of the molecule is CC(C)[N+]1=CC=CC1C. The molecule has 1 nitrogen and oxygen atoms in total. The molecule has 1 aliphatic heterocycles. The topological polar surface area (TPSA) is 3.01 Å². The highest BCUT2D eigenvalue weighted by Crippen LogP contribution is 2.02. The summed E-state index contributed by atoms with van der Waals surface area (Å²) in [5, 5.41) is 0. The maximum Gasteiger partial charge on any atom is 0.169 e. The van der Waals surface area contributed by atoms with E-state index in [1.54, 1.807) is 0 Å². The van der Waals surface area contributed by atoms with Gasteiger partial charge in [0.05, 0.1) is 0 Å². The molecule has 0 saturated carbocycles. The van der Waals surface area contributed by atoms with Crippen LogP contribution in [-0.2, 0) is 0 Å². The van der Waals surface area contributed by atoms with Crippen molar-refractivity contribution in [3.05, 3.63) is 12.2 Å². The highest BCUT2D eigenvalue weighted by molar-refractivity contribution is 5.68. The zero-order valence-corrected chi connectivity index (χ0v) is 6.33. The van der Waals surface area contributed by atoms with Crippen LogP contribution in [0.1, 0.15) is 20.8 Å². The summed E-state index contributed by atoms with van der Waals surface area (Å²) >= 11 is 0. The molecule has 1 heteroatoms. The van der Waals surface area contributed by atoms with E-state index in [1.165, 1.54) is 0 Å². The number of allylic oxidation sites excluding steroid dienone is 1. The minimum Gasteiger partial charge on any atom is -0.228 e. The molecule has 1 unspecified atom stereocenters. The third-order valence-corrected chi connectivity index (χ3v) is 1.71. The van der Waals surface area contributed by atoms with E-state index < -0.39 is 0 Å². The van der Waals surface area contributed by atoms with Crippen molar-refractivity contribution in [3.8, 4) is 0 Å². The molecule has 1 aliphatic rings. The Hall–Kier alpha value is -0.590. The van der Waals surface area contributed by atoms with Gasteiger partial charge in [0.2, 0.25) is 0 Å². The van der Waals surface area contributed by atoms with E-state index in [1.807, 2.05) is 0 Å². The molecule has 0 N–H and O–H groups in total. The number of hydrogen-bond donors (Lipinski definition) is 0. The third kappa shape index (κ3) is 1.21. The number of rotatable bonds is 1. The van der Waals surface area contributed by atoms with E-state index in [4.69, 9.17) is 0 Å². The Bertz CT molecular complexity index is 154. The predicted molar refractivity (Wildman–Crippen MR) is 40.1 cm³/mol. The number of hydrogen-bond acceptors (Lipinski definition) is 0. The smallest absolute Gasteiger partial charge is 0.169 e. The Balaban J connectivity index is 2.64. The van der Waals surface area contributed by atoms with Crippen LogP contribution in [0, 0.1) is 0 Å². The minimum absolute atomic E-state index is 0.602. The van der Waals surface area contributed by atoms with Crippen LogP contribution in [0.3, 0.4) is 0 Å². The van der Waals surface area contributed by atoms with E-state index in [2.05, 4.69) is 43.7 Å². The van der Waals surface area contributed by atoms with E-state index >= 15 is 0 Å². The zero-order chi connectivity index (χ0) is 6.85. The van der Waals surface area contributed by atoms with Gasteiger partial charge in [-0.25, -0.2) is 4.58 Å². The lowest BCUT2D eigenvalue weighted by molar-refractivity contribution is -0.572. The molecule has 1 rings (SSSR count). The van der Waals surface area contributed by atoms with Gasteiger partial charge in [0.15, 0.2) is 12.3 Å². The van der Waals surface area contributed by atoms with Crippen molar-refractivity contribution in [1.82, 2.24) is 0 Å². The predicted octanol–water partition coefficient (Wildman–Crippen LogP) is 1.44. The quantitative estimate of drug-likeness (QED) is 0.465. The second-order valence-corrected chi connectivity index (χ2v) is 2.82. The van der Waals surface area contributed by atoms with Gasteiger partial charge in [0.1, 0.15) is 6.04 Å². The maximum atomic E-state index is 2.33. The average molecular weight is 124 g/mol. The van der Waals surface area contributed by atoms with Crippen LogP contribution in [0.2, 0.25) is 0 Å². The minimum atomic E-state index is 0.602. The second kappa shape index (κ2) is 2.34. The molecule has 9 heavy (non-hydrogen) atoms. The maximum absolute atomic E-state index is 2.33. The van der Waals surface area contributed by atoms with Crippen molar-refractivity contribution in [1.29, 1.82) is 0 Å². The van der Waals surface area contributed by atoms with Gasteiger partial charge in [-0.05, 0) is 19.9 Å². The summed E-state index contributed by atoms with van der Waals surface area (Å²) in [4.78, 5) is 0. The van der Waals surface area contributed by atoms with Gasteiger partial charge in [-0.3, -0.25) is 0 Å². The molecule has 0 aliphatic carbocycles. The van der Waals surface area contributed by atoms with Gasteiger partial charge in [0.25, 0.3) is 0 Å². The van der Waals surface area contributed by atoms with Crippen LogP contribution in [0.25, 0.3) is 0 Å². The lowest BCUT2D eigenvalue weighted by Gasteiger charge is -2.06. The Labute approximate surface area is 56.7 Å². The molecule has 1 atom stereocenters. The summed E-state index contributed by atoms with van der Waals surface area (Å²) in [6.07, 6.45) is 6.47. The summed E-state index contributed by atoms with van der Waals surface area (Å²) in [5.41, 5.74) is 0. The Kier molecular flexibility index (Phi) is 1.70. The van der Waals surface area contributed by atoms with Crippen LogP contribution >= 0.6 is 0 Å². The van der Waals surface area contributed by atoms with E-state index in [0.29, 0.717) is 12.1 Å². The standard InChI is InChI=1S/C8H14N/c1-7(2)9-6-4-5-8(9)3/h4-8H,1-3H3/q+1. The Morgan fingerprint density at radius 1 is 1.44 bits per heavy atom. The Morgan fingerprint density at radius 3 is 2.33 bits per heavy atom. The monoisotopic (exact) mass is 124 g/mol. The van der Waals surface area contributed by atoms with Gasteiger partial charge in [-0.2, -0.15) is 0 Å². The van der Waals surface area contributed by atoms with Crippen molar-refractivity contribution in [2.24, 2.45) is 0 Å². The summed E-state index contributed by atoms with van der Waals surface area (Å²) in [7, 11) is 0. The van der Waals surface area contributed by atoms with E-state index in [-0.39, 0.29) is 0 Å². The van der Waals surface area contributed by atoms with Crippen LogP contribution in [0.15, 0.2) is 12.2 Å². The lowest BCUT2D eigenvalue weighted by Crippen LogP contribution is -2.25.